The Morgan fingerprint density at radius 2 is 1.50 bits per heavy atom. The summed E-state index contributed by atoms with van der Waals surface area (Å²) in [6.07, 6.45) is 0. The van der Waals surface area contributed by atoms with Crippen LogP contribution in [0.4, 0.5) is 0 Å². The maximum Gasteiger partial charge on any atom is 0.336 e. The van der Waals surface area contributed by atoms with Gasteiger partial charge in [-0.05, 0) is 49.9 Å². The van der Waals surface area contributed by atoms with Crippen LogP contribution < -0.4 is 5.32 Å². The summed E-state index contributed by atoms with van der Waals surface area (Å²) in [4.78, 5) is 26.4. The minimum atomic E-state index is -0.770. The first-order valence-corrected chi connectivity index (χ1v) is 11.8. The van der Waals surface area contributed by atoms with Crippen molar-refractivity contribution in [2.75, 3.05) is 13.2 Å². The zero-order chi connectivity index (χ0) is 25.0. The van der Waals surface area contributed by atoms with Crippen LogP contribution in [-0.2, 0) is 19.1 Å². The molecule has 2 heterocycles. The van der Waals surface area contributed by atoms with E-state index in [9.17, 15) is 9.59 Å². The summed E-state index contributed by atoms with van der Waals surface area (Å²) in [7, 11) is 0. The van der Waals surface area contributed by atoms with Gasteiger partial charge in [-0.15, -0.1) is 0 Å². The molecule has 34 heavy (non-hydrogen) atoms. The van der Waals surface area contributed by atoms with Crippen LogP contribution in [0.25, 0.3) is 11.3 Å². The highest BCUT2D eigenvalue weighted by Crippen LogP contribution is 2.41. The SMILES string of the molecule is CC1=C(C(=O)OCC(C)C)C(c2ccc(-c3cccc(Cl)c3)o2)C(C(=O)OCC(C)C)=C(C)N1. The molecule has 3 rings (SSSR count). The molecule has 1 aromatic heterocycles. The standard InChI is InChI=1S/C27H32ClNO5/c1-15(2)13-32-26(30)23-17(5)29-18(6)24(27(31)33-14-16(3)4)25(23)22-11-10-21(34-22)19-8-7-9-20(28)12-19/h7-12,15-16,25,29H,13-14H2,1-6H3. The number of rotatable bonds is 8. The summed E-state index contributed by atoms with van der Waals surface area (Å²) in [5.41, 5.74) is 2.67. The first kappa shape index (κ1) is 25.6. The Kier molecular flexibility index (Phi) is 8.26. The highest BCUT2D eigenvalue weighted by molar-refractivity contribution is 6.30. The fourth-order valence-electron chi connectivity index (χ4n) is 3.76. The maximum absolute atomic E-state index is 13.2. The number of carbonyl (C=O) groups is 2. The lowest BCUT2D eigenvalue weighted by Crippen LogP contribution is -2.33. The second-order valence-corrected chi connectivity index (χ2v) is 9.77. The molecule has 6 nitrogen and oxygen atoms in total. The first-order valence-electron chi connectivity index (χ1n) is 11.5. The Hall–Kier alpha value is -2.99. The largest absolute Gasteiger partial charge is 0.462 e. The van der Waals surface area contributed by atoms with E-state index in [1.165, 1.54) is 0 Å². The second kappa shape index (κ2) is 11.0. The van der Waals surface area contributed by atoms with Crippen LogP contribution in [-0.4, -0.2) is 25.2 Å². The van der Waals surface area contributed by atoms with Gasteiger partial charge in [0.25, 0.3) is 0 Å². The number of carbonyl (C=O) groups excluding carboxylic acids is 2. The normalized spacial score (nSPS) is 14.6. The van der Waals surface area contributed by atoms with Gasteiger partial charge in [-0.2, -0.15) is 0 Å². The molecule has 0 saturated heterocycles. The molecule has 1 N–H and O–H groups in total. The fourth-order valence-corrected chi connectivity index (χ4v) is 3.96. The van der Waals surface area contributed by atoms with Crippen molar-refractivity contribution in [2.45, 2.75) is 47.5 Å². The lowest BCUT2D eigenvalue weighted by atomic mass is 9.83. The van der Waals surface area contributed by atoms with Crippen LogP contribution in [0.15, 0.2) is 63.4 Å². The van der Waals surface area contributed by atoms with Gasteiger partial charge in [-0.3, -0.25) is 0 Å². The minimum Gasteiger partial charge on any atom is -0.462 e. The van der Waals surface area contributed by atoms with Gasteiger partial charge in [0.15, 0.2) is 0 Å². The number of dihydropyridines is 1. The van der Waals surface area contributed by atoms with Gasteiger partial charge in [-0.25, -0.2) is 9.59 Å². The zero-order valence-corrected chi connectivity index (χ0v) is 21.3. The molecule has 7 heteroatoms. The predicted molar refractivity (Wildman–Crippen MR) is 132 cm³/mol. The molecule has 0 amide bonds. The highest BCUT2D eigenvalue weighted by atomic mass is 35.5. The Morgan fingerprint density at radius 1 is 0.941 bits per heavy atom. The molecule has 1 aliphatic rings. The molecule has 0 aliphatic carbocycles. The molecule has 0 atom stereocenters. The van der Waals surface area contributed by atoms with E-state index in [1.54, 1.807) is 32.0 Å². The number of furan rings is 1. The van der Waals surface area contributed by atoms with E-state index in [4.69, 9.17) is 25.5 Å². The summed E-state index contributed by atoms with van der Waals surface area (Å²) in [5.74, 6) is -0.388. The number of allylic oxidation sites excluding steroid dienone is 2. The van der Waals surface area contributed by atoms with Gasteiger partial charge < -0.3 is 19.2 Å². The zero-order valence-electron chi connectivity index (χ0n) is 20.5. The molecule has 0 spiro atoms. The van der Waals surface area contributed by atoms with Crippen LogP contribution in [0.2, 0.25) is 5.02 Å². The number of nitrogens with one attached hydrogen (secondary N) is 1. The lowest BCUT2D eigenvalue weighted by Gasteiger charge is -2.29. The van der Waals surface area contributed by atoms with Crippen LogP contribution in [0.3, 0.4) is 0 Å². The topological polar surface area (TPSA) is 77.8 Å². The molecular weight excluding hydrogens is 454 g/mol. The van der Waals surface area contributed by atoms with E-state index in [2.05, 4.69) is 5.32 Å². The highest BCUT2D eigenvalue weighted by Gasteiger charge is 2.40. The van der Waals surface area contributed by atoms with Crippen LogP contribution in [0, 0.1) is 11.8 Å². The molecule has 1 aromatic carbocycles. The van der Waals surface area contributed by atoms with Crippen molar-refractivity contribution in [2.24, 2.45) is 11.8 Å². The van der Waals surface area contributed by atoms with E-state index in [-0.39, 0.29) is 25.0 Å². The predicted octanol–water partition coefficient (Wildman–Crippen LogP) is 6.23. The third-order valence-electron chi connectivity index (χ3n) is 5.32. The van der Waals surface area contributed by atoms with Crippen molar-refractivity contribution in [1.82, 2.24) is 5.32 Å². The van der Waals surface area contributed by atoms with E-state index in [1.807, 2.05) is 45.9 Å². The Bertz CT molecular complexity index is 1080. The van der Waals surface area contributed by atoms with Crippen LogP contribution >= 0.6 is 11.6 Å². The fraction of sp³-hybridized carbons (Fsp3) is 0.407. The molecule has 0 radical (unpaired) electrons. The Morgan fingerprint density at radius 3 is 2.00 bits per heavy atom. The third kappa shape index (κ3) is 5.92. The number of ether oxygens (including phenoxy) is 2. The molecule has 0 saturated carbocycles. The third-order valence-corrected chi connectivity index (χ3v) is 5.55. The monoisotopic (exact) mass is 485 g/mol. The van der Waals surface area contributed by atoms with E-state index >= 15 is 0 Å². The number of hydrogen-bond donors (Lipinski definition) is 1. The average Bonchev–Trinajstić information content (AvgIpc) is 3.25. The van der Waals surface area contributed by atoms with Gasteiger partial charge >= 0.3 is 11.9 Å². The maximum atomic E-state index is 13.2. The summed E-state index contributed by atoms with van der Waals surface area (Å²) >= 11 is 6.15. The van der Waals surface area contributed by atoms with Crippen molar-refractivity contribution >= 4 is 23.5 Å². The van der Waals surface area contributed by atoms with Gasteiger partial charge in [0.05, 0.1) is 30.3 Å². The van der Waals surface area contributed by atoms with Gasteiger partial charge in [-0.1, -0.05) is 51.4 Å². The summed E-state index contributed by atoms with van der Waals surface area (Å²) in [6, 6.07) is 10.9. The van der Waals surface area contributed by atoms with Crippen molar-refractivity contribution in [1.29, 1.82) is 0 Å². The number of esters is 2. The van der Waals surface area contributed by atoms with Crippen molar-refractivity contribution in [3.05, 3.63) is 69.7 Å². The van der Waals surface area contributed by atoms with Gasteiger partial charge in [0.1, 0.15) is 11.5 Å². The molecule has 2 aromatic rings. The smallest absolute Gasteiger partial charge is 0.336 e. The van der Waals surface area contributed by atoms with Gasteiger partial charge in [0, 0.05) is 22.0 Å². The summed E-state index contributed by atoms with van der Waals surface area (Å²) < 4.78 is 17.3. The van der Waals surface area contributed by atoms with Gasteiger partial charge in [0.2, 0.25) is 0 Å². The number of hydrogen-bond acceptors (Lipinski definition) is 6. The summed E-state index contributed by atoms with van der Waals surface area (Å²) in [6.45, 7) is 12.0. The molecule has 1 aliphatic heterocycles. The van der Waals surface area contributed by atoms with Crippen molar-refractivity contribution in [3.63, 3.8) is 0 Å². The van der Waals surface area contributed by atoms with Crippen molar-refractivity contribution < 1.29 is 23.5 Å². The van der Waals surface area contributed by atoms with Crippen LogP contribution in [0.1, 0.15) is 53.2 Å². The second-order valence-electron chi connectivity index (χ2n) is 9.33. The van der Waals surface area contributed by atoms with E-state index in [0.717, 1.165) is 5.56 Å². The molecule has 0 unspecified atom stereocenters. The lowest BCUT2D eigenvalue weighted by molar-refractivity contribution is -0.141. The average molecular weight is 486 g/mol. The minimum absolute atomic E-state index is 0.172. The molecule has 0 fully saturated rings. The number of halogens is 1. The van der Waals surface area contributed by atoms with Crippen LogP contribution in [0.5, 0.6) is 0 Å². The molecular formula is C27H32ClNO5. The summed E-state index contributed by atoms with van der Waals surface area (Å²) in [5, 5.41) is 3.74. The van der Waals surface area contributed by atoms with Crippen molar-refractivity contribution in [3.8, 4) is 11.3 Å². The van der Waals surface area contributed by atoms with E-state index < -0.39 is 17.9 Å². The quantitative estimate of drug-likeness (QED) is 0.446. The number of benzene rings is 1. The Balaban J connectivity index is 2.07. The Labute approximate surface area is 206 Å². The first-order chi connectivity index (χ1) is 16.1. The molecule has 0 bridgehead atoms. The van der Waals surface area contributed by atoms with E-state index in [0.29, 0.717) is 39.1 Å². The molecule has 182 valence electrons.